The fraction of sp³-hybridized carbons (Fsp3) is 0.200. The van der Waals surface area contributed by atoms with Crippen LogP contribution in [0.2, 0.25) is 0 Å². The molecule has 2 N–H and O–H groups in total. The maximum absolute atomic E-state index is 11.8. The molecule has 0 aliphatic heterocycles. The van der Waals surface area contributed by atoms with Gasteiger partial charge in [-0.25, -0.2) is 12.7 Å². The van der Waals surface area contributed by atoms with Gasteiger partial charge in [-0.15, -0.1) is 0 Å². The summed E-state index contributed by atoms with van der Waals surface area (Å²) in [6.45, 7) is 0. The van der Waals surface area contributed by atoms with Crippen LogP contribution in [-0.4, -0.2) is 42.9 Å². The van der Waals surface area contributed by atoms with Gasteiger partial charge in [0.2, 0.25) is 5.09 Å². The van der Waals surface area contributed by atoms with E-state index in [4.69, 9.17) is 4.42 Å². The Morgan fingerprint density at radius 2 is 2.11 bits per heavy atom. The average molecular weight is 284 g/mol. The lowest BCUT2D eigenvalue weighted by Gasteiger charge is -2.07. The highest BCUT2D eigenvalue weighted by atomic mass is 32.2. The molecular formula is C10H12N4O4S. The van der Waals surface area contributed by atoms with E-state index in [0.717, 1.165) is 4.31 Å². The monoisotopic (exact) mass is 284 g/mol. The average Bonchev–Trinajstić information content (AvgIpc) is 2.98. The Kier molecular flexibility index (Phi) is 3.40. The van der Waals surface area contributed by atoms with Gasteiger partial charge >= 0.3 is 0 Å². The highest BCUT2D eigenvalue weighted by Crippen LogP contribution is 2.17. The van der Waals surface area contributed by atoms with E-state index < -0.39 is 15.9 Å². The van der Waals surface area contributed by atoms with E-state index in [2.05, 4.69) is 15.5 Å². The molecule has 2 aromatic heterocycles. The molecule has 0 fully saturated rings. The summed E-state index contributed by atoms with van der Waals surface area (Å²) >= 11 is 0. The summed E-state index contributed by atoms with van der Waals surface area (Å²) in [5.41, 5.74) is 0. The molecule has 2 rings (SSSR count). The third-order valence-corrected chi connectivity index (χ3v) is 3.98. The zero-order chi connectivity index (χ0) is 14.0. The van der Waals surface area contributed by atoms with E-state index in [1.165, 1.54) is 32.4 Å². The molecular weight excluding hydrogens is 272 g/mol. The Morgan fingerprint density at radius 1 is 1.37 bits per heavy atom. The zero-order valence-electron chi connectivity index (χ0n) is 10.2. The molecule has 2 aromatic rings. The number of H-pyrrole nitrogens is 1. The second-order valence-electron chi connectivity index (χ2n) is 3.83. The molecule has 0 bridgehead atoms. The van der Waals surface area contributed by atoms with Gasteiger partial charge in [-0.2, -0.15) is 5.10 Å². The highest BCUT2D eigenvalue weighted by Gasteiger charge is 2.23. The lowest BCUT2D eigenvalue weighted by Crippen LogP contribution is -2.21. The van der Waals surface area contributed by atoms with Crippen LogP contribution in [-0.2, 0) is 10.0 Å². The number of anilines is 1. The molecule has 0 unspecified atom stereocenters. The number of nitrogens with zero attached hydrogens (tertiary/aromatic N) is 2. The standard InChI is InChI=1S/C10H12N4O4S/c1-14(2)19(16,17)9-4-3-7(18-9)10(15)12-8-5-6-11-13-8/h3-6H,1-2H3,(H2,11,12,13,15). The molecule has 0 aromatic carbocycles. The van der Waals surface area contributed by atoms with Crippen molar-refractivity contribution in [3.63, 3.8) is 0 Å². The van der Waals surface area contributed by atoms with Crippen LogP contribution >= 0.6 is 0 Å². The first-order valence-electron chi connectivity index (χ1n) is 5.24. The topological polar surface area (TPSA) is 108 Å². The van der Waals surface area contributed by atoms with Crippen molar-refractivity contribution in [1.82, 2.24) is 14.5 Å². The van der Waals surface area contributed by atoms with Crippen molar-refractivity contribution < 1.29 is 17.6 Å². The van der Waals surface area contributed by atoms with Gasteiger partial charge in [-0.05, 0) is 12.1 Å². The second kappa shape index (κ2) is 4.86. The van der Waals surface area contributed by atoms with Crippen molar-refractivity contribution in [3.05, 3.63) is 30.2 Å². The van der Waals surface area contributed by atoms with Crippen LogP contribution in [0, 0.1) is 0 Å². The molecule has 9 heteroatoms. The third kappa shape index (κ3) is 2.66. The number of hydrogen-bond donors (Lipinski definition) is 2. The van der Waals surface area contributed by atoms with E-state index in [-0.39, 0.29) is 10.9 Å². The van der Waals surface area contributed by atoms with Crippen molar-refractivity contribution >= 4 is 21.7 Å². The molecule has 0 aliphatic carbocycles. The number of furan rings is 1. The van der Waals surface area contributed by atoms with Crippen LogP contribution in [0.15, 0.2) is 33.9 Å². The number of amides is 1. The minimum Gasteiger partial charge on any atom is -0.438 e. The maximum atomic E-state index is 11.8. The predicted octanol–water partition coefficient (Wildman–Crippen LogP) is 0.505. The molecule has 0 spiro atoms. The number of sulfonamides is 1. The van der Waals surface area contributed by atoms with Crippen molar-refractivity contribution in [2.45, 2.75) is 5.09 Å². The largest absolute Gasteiger partial charge is 0.438 e. The van der Waals surface area contributed by atoms with Crippen LogP contribution in [0.5, 0.6) is 0 Å². The SMILES string of the molecule is CN(C)S(=O)(=O)c1ccc(C(=O)Nc2ccn[nH]2)o1. The minimum atomic E-state index is -3.69. The maximum Gasteiger partial charge on any atom is 0.292 e. The second-order valence-corrected chi connectivity index (χ2v) is 5.91. The number of rotatable bonds is 4. The molecule has 19 heavy (non-hydrogen) atoms. The van der Waals surface area contributed by atoms with Crippen molar-refractivity contribution in [2.24, 2.45) is 0 Å². The molecule has 8 nitrogen and oxygen atoms in total. The van der Waals surface area contributed by atoms with Gasteiger partial charge in [-0.1, -0.05) is 0 Å². The van der Waals surface area contributed by atoms with E-state index in [1.54, 1.807) is 6.07 Å². The number of nitrogens with one attached hydrogen (secondary N) is 2. The first kappa shape index (κ1) is 13.3. The molecule has 0 atom stereocenters. The van der Waals surface area contributed by atoms with E-state index in [1.807, 2.05) is 0 Å². The minimum absolute atomic E-state index is 0.102. The van der Waals surface area contributed by atoms with Gasteiger partial charge in [-0.3, -0.25) is 9.89 Å². The summed E-state index contributed by atoms with van der Waals surface area (Å²) in [4.78, 5) is 11.8. The van der Waals surface area contributed by atoms with Crippen LogP contribution in [0.4, 0.5) is 5.82 Å². The predicted molar refractivity (Wildman–Crippen MR) is 66.1 cm³/mol. The number of aromatic nitrogens is 2. The number of aromatic amines is 1. The quantitative estimate of drug-likeness (QED) is 0.850. The summed E-state index contributed by atoms with van der Waals surface area (Å²) < 4.78 is 29.6. The van der Waals surface area contributed by atoms with Gasteiger partial charge in [0.15, 0.2) is 5.76 Å². The lowest BCUT2D eigenvalue weighted by molar-refractivity contribution is 0.0991. The van der Waals surface area contributed by atoms with Crippen molar-refractivity contribution in [1.29, 1.82) is 0 Å². The Labute approximate surface area is 109 Å². The number of hydrogen-bond acceptors (Lipinski definition) is 5. The molecule has 0 saturated carbocycles. The zero-order valence-corrected chi connectivity index (χ0v) is 11.1. The van der Waals surface area contributed by atoms with Gasteiger partial charge in [0.25, 0.3) is 15.9 Å². The fourth-order valence-electron chi connectivity index (χ4n) is 1.27. The Balaban J connectivity index is 2.20. The summed E-state index contributed by atoms with van der Waals surface area (Å²) in [5, 5.41) is 8.39. The van der Waals surface area contributed by atoms with Crippen molar-refractivity contribution in [3.8, 4) is 0 Å². The normalized spacial score (nSPS) is 11.7. The van der Waals surface area contributed by atoms with Crippen molar-refractivity contribution in [2.75, 3.05) is 19.4 Å². The Morgan fingerprint density at radius 3 is 2.68 bits per heavy atom. The van der Waals surface area contributed by atoms with Crippen LogP contribution in [0.25, 0.3) is 0 Å². The lowest BCUT2D eigenvalue weighted by atomic mass is 10.4. The Hall–Kier alpha value is -2.13. The first-order valence-corrected chi connectivity index (χ1v) is 6.68. The van der Waals surface area contributed by atoms with Gasteiger partial charge < -0.3 is 9.73 Å². The smallest absolute Gasteiger partial charge is 0.292 e. The molecule has 0 saturated heterocycles. The molecule has 0 radical (unpaired) electrons. The van der Waals surface area contributed by atoms with Crippen LogP contribution in [0.1, 0.15) is 10.6 Å². The molecule has 0 aliphatic rings. The molecule has 102 valence electrons. The van der Waals surface area contributed by atoms with Crippen LogP contribution < -0.4 is 5.32 Å². The number of carbonyl (C=O) groups is 1. The highest BCUT2D eigenvalue weighted by molar-refractivity contribution is 7.88. The van der Waals surface area contributed by atoms with Gasteiger partial charge in [0, 0.05) is 20.2 Å². The molecule has 1 amide bonds. The fourth-order valence-corrected chi connectivity index (χ4v) is 2.07. The summed E-state index contributed by atoms with van der Waals surface area (Å²) in [6.07, 6.45) is 1.47. The first-order chi connectivity index (χ1) is 8.91. The summed E-state index contributed by atoms with van der Waals surface area (Å²) in [5.74, 6) is -0.280. The number of carbonyl (C=O) groups excluding carboxylic acids is 1. The van der Waals surface area contributed by atoms with Gasteiger partial charge in [0.05, 0.1) is 6.20 Å². The van der Waals surface area contributed by atoms with Crippen LogP contribution in [0.3, 0.4) is 0 Å². The summed E-state index contributed by atoms with van der Waals surface area (Å²) in [6, 6.07) is 4.08. The Bertz CT molecular complexity index is 672. The van der Waals surface area contributed by atoms with E-state index in [9.17, 15) is 13.2 Å². The summed E-state index contributed by atoms with van der Waals surface area (Å²) in [7, 11) is -0.931. The third-order valence-electron chi connectivity index (χ3n) is 2.29. The van der Waals surface area contributed by atoms with E-state index in [0.29, 0.717) is 5.82 Å². The van der Waals surface area contributed by atoms with E-state index >= 15 is 0 Å². The molecule has 2 heterocycles. The van der Waals surface area contributed by atoms with Gasteiger partial charge in [0.1, 0.15) is 5.82 Å².